The molecular formula is C8H10N6O2S. The fourth-order valence-corrected chi connectivity index (χ4v) is 2.15. The lowest BCUT2D eigenvalue weighted by atomic mass is 10.3. The van der Waals surface area contributed by atoms with E-state index >= 15 is 0 Å². The SMILES string of the molecule is Cn1ncc(C(=O)O)c1CSc1n[nH]c(N)n1. The number of aromatic nitrogens is 5. The van der Waals surface area contributed by atoms with Crippen LogP contribution in [0.2, 0.25) is 0 Å². The number of thioether (sulfide) groups is 1. The molecule has 2 aromatic heterocycles. The molecule has 0 atom stereocenters. The first-order valence-corrected chi connectivity index (χ1v) is 5.61. The van der Waals surface area contributed by atoms with Crippen molar-refractivity contribution in [1.29, 1.82) is 0 Å². The average molecular weight is 254 g/mol. The molecule has 0 aliphatic carbocycles. The fraction of sp³-hybridized carbons (Fsp3) is 0.250. The maximum Gasteiger partial charge on any atom is 0.339 e. The van der Waals surface area contributed by atoms with Crippen LogP contribution < -0.4 is 5.73 Å². The topological polar surface area (TPSA) is 123 Å². The maximum absolute atomic E-state index is 10.9. The van der Waals surface area contributed by atoms with E-state index in [1.807, 2.05) is 0 Å². The second-order valence-corrected chi connectivity index (χ2v) is 4.17. The van der Waals surface area contributed by atoms with Gasteiger partial charge in [-0.2, -0.15) is 10.1 Å². The van der Waals surface area contributed by atoms with Crippen molar-refractivity contribution in [2.75, 3.05) is 5.73 Å². The van der Waals surface area contributed by atoms with E-state index in [-0.39, 0.29) is 11.5 Å². The highest BCUT2D eigenvalue weighted by Crippen LogP contribution is 2.21. The molecule has 0 amide bonds. The number of carbonyl (C=O) groups is 1. The van der Waals surface area contributed by atoms with Crippen molar-refractivity contribution >= 4 is 23.7 Å². The zero-order valence-corrected chi connectivity index (χ0v) is 9.73. The normalized spacial score (nSPS) is 10.6. The lowest BCUT2D eigenvalue weighted by molar-refractivity contribution is 0.0696. The van der Waals surface area contributed by atoms with Gasteiger partial charge in [0.15, 0.2) is 0 Å². The van der Waals surface area contributed by atoms with E-state index in [0.717, 1.165) is 0 Å². The Hall–Kier alpha value is -2.03. The van der Waals surface area contributed by atoms with Gasteiger partial charge in [0.2, 0.25) is 11.1 Å². The van der Waals surface area contributed by atoms with Crippen molar-refractivity contribution in [3.63, 3.8) is 0 Å². The number of aryl methyl sites for hydroxylation is 1. The summed E-state index contributed by atoms with van der Waals surface area (Å²) >= 11 is 1.29. The number of carboxylic acid groups (broad SMARTS) is 1. The Bertz CT molecular complexity index is 548. The first-order chi connectivity index (χ1) is 8.08. The molecule has 0 saturated heterocycles. The van der Waals surface area contributed by atoms with Crippen molar-refractivity contribution < 1.29 is 9.90 Å². The van der Waals surface area contributed by atoms with E-state index in [1.54, 1.807) is 7.05 Å². The highest BCUT2D eigenvalue weighted by Gasteiger charge is 2.15. The summed E-state index contributed by atoms with van der Waals surface area (Å²) in [5.74, 6) is -0.353. The predicted molar refractivity (Wildman–Crippen MR) is 60.5 cm³/mol. The number of nitrogens with two attached hydrogens (primary N) is 1. The Morgan fingerprint density at radius 2 is 2.47 bits per heavy atom. The summed E-state index contributed by atoms with van der Waals surface area (Å²) in [6, 6.07) is 0. The summed E-state index contributed by atoms with van der Waals surface area (Å²) in [4.78, 5) is 14.8. The minimum atomic E-state index is -0.997. The van der Waals surface area contributed by atoms with Gasteiger partial charge in [0.05, 0.1) is 11.9 Å². The van der Waals surface area contributed by atoms with Crippen LogP contribution in [-0.4, -0.2) is 36.0 Å². The maximum atomic E-state index is 10.9. The Kier molecular flexibility index (Phi) is 3.00. The first kappa shape index (κ1) is 11.5. The van der Waals surface area contributed by atoms with Crippen molar-refractivity contribution in [3.8, 4) is 0 Å². The summed E-state index contributed by atoms with van der Waals surface area (Å²) in [7, 11) is 1.69. The van der Waals surface area contributed by atoms with Gasteiger partial charge in [-0.25, -0.2) is 9.89 Å². The van der Waals surface area contributed by atoms with Gasteiger partial charge in [0, 0.05) is 12.8 Å². The standard InChI is InChI=1S/C8H10N6O2S/c1-14-5(4(2-10-14)6(15)16)3-17-8-11-7(9)12-13-8/h2H,3H2,1H3,(H,15,16)(H3,9,11,12,13). The van der Waals surface area contributed by atoms with Gasteiger partial charge >= 0.3 is 5.97 Å². The van der Waals surface area contributed by atoms with Gasteiger partial charge in [-0.15, -0.1) is 5.10 Å². The number of hydrogen-bond acceptors (Lipinski definition) is 6. The summed E-state index contributed by atoms with van der Waals surface area (Å²) in [6.07, 6.45) is 1.32. The molecule has 0 bridgehead atoms. The number of nitrogen functional groups attached to an aromatic ring is 1. The van der Waals surface area contributed by atoms with Gasteiger partial charge in [-0.3, -0.25) is 4.68 Å². The molecular weight excluding hydrogens is 244 g/mol. The number of rotatable bonds is 4. The number of nitrogens with zero attached hydrogens (tertiary/aromatic N) is 4. The molecule has 0 aromatic carbocycles. The van der Waals surface area contributed by atoms with Crippen LogP contribution >= 0.6 is 11.8 Å². The highest BCUT2D eigenvalue weighted by atomic mass is 32.2. The van der Waals surface area contributed by atoms with E-state index in [2.05, 4.69) is 20.3 Å². The Morgan fingerprint density at radius 1 is 1.71 bits per heavy atom. The van der Waals surface area contributed by atoms with Gasteiger partial charge < -0.3 is 10.8 Å². The lowest BCUT2D eigenvalue weighted by Crippen LogP contribution is -2.03. The summed E-state index contributed by atoms with van der Waals surface area (Å²) < 4.78 is 1.52. The van der Waals surface area contributed by atoms with Gasteiger partial charge in [0.1, 0.15) is 5.56 Å². The molecule has 0 fully saturated rings. The minimum absolute atomic E-state index is 0.184. The highest BCUT2D eigenvalue weighted by molar-refractivity contribution is 7.98. The quantitative estimate of drug-likeness (QED) is 0.661. The third-order valence-corrected chi connectivity index (χ3v) is 2.97. The molecule has 0 spiro atoms. The van der Waals surface area contributed by atoms with E-state index in [9.17, 15) is 4.79 Å². The molecule has 0 aliphatic heterocycles. The number of H-pyrrole nitrogens is 1. The number of aromatic amines is 1. The zero-order chi connectivity index (χ0) is 12.4. The third kappa shape index (κ3) is 2.38. The number of anilines is 1. The zero-order valence-electron chi connectivity index (χ0n) is 8.91. The second-order valence-electron chi connectivity index (χ2n) is 3.23. The van der Waals surface area contributed by atoms with Crippen LogP contribution in [-0.2, 0) is 12.8 Å². The Balaban J connectivity index is 2.13. The molecule has 17 heavy (non-hydrogen) atoms. The van der Waals surface area contributed by atoms with Gasteiger partial charge in [-0.1, -0.05) is 11.8 Å². The summed E-state index contributed by atoms with van der Waals surface area (Å²) in [5.41, 5.74) is 6.17. The number of hydrogen-bond donors (Lipinski definition) is 3. The molecule has 0 unspecified atom stereocenters. The second kappa shape index (κ2) is 4.45. The molecule has 4 N–H and O–H groups in total. The van der Waals surface area contributed by atoms with Crippen molar-refractivity contribution in [2.24, 2.45) is 7.05 Å². The first-order valence-electron chi connectivity index (χ1n) is 4.62. The molecule has 8 nitrogen and oxygen atoms in total. The molecule has 2 heterocycles. The van der Waals surface area contributed by atoms with Crippen LogP contribution in [0.25, 0.3) is 0 Å². The third-order valence-electron chi connectivity index (χ3n) is 2.11. The monoisotopic (exact) mass is 254 g/mol. The molecule has 2 aromatic rings. The van der Waals surface area contributed by atoms with Crippen molar-refractivity contribution in [2.45, 2.75) is 10.9 Å². The largest absolute Gasteiger partial charge is 0.478 e. The molecule has 0 radical (unpaired) electrons. The van der Waals surface area contributed by atoms with Gasteiger partial charge in [-0.05, 0) is 0 Å². The molecule has 90 valence electrons. The van der Waals surface area contributed by atoms with Crippen molar-refractivity contribution in [1.82, 2.24) is 25.0 Å². The number of aromatic carboxylic acids is 1. The Labute approximate surface area is 100 Å². The molecule has 0 aliphatic rings. The molecule has 2 rings (SSSR count). The van der Waals surface area contributed by atoms with Crippen LogP contribution in [0.15, 0.2) is 11.4 Å². The van der Waals surface area contributed by atoms with Crippen LogP contribution in [0.4, 0.5) is 5.95 Å². The summed E-state index contributed by atoms with van der Waals surface area (Å²) in [6.45, 7) is 0. The van der Waals surface area contributed by atoms with Crippen molar-refractivity contribution in [3.05, 3.63) is 17.5 Å². The average Bonchev–Trinajstić information content (AvgIpc) is 2.82. The van der Waals surface area contributed by atoms with Crippen LogP contribution in [0.1, 0.15) is 16.1 Å². The van der Waals surface area contributed by atoms with E-state index in [0.29, 0.717) is 16.6 Å². The van der Waals surface area contributed by atoms with E-state index < -0.39 is 5.97 Å². The smallest absolute Gasteiger partial charge is 0.339 e. The molecule has 9 heteroatoms. The number of nitrogens with one attached hydrogen (secondary N) is 1. The fourth-order valence-electron chi connectivity index (χ4n) is 1.27. The minimum Gasteiger partial charge on any atom is -0.478 e. The number of carboxylic acids is 1. The van der Waals surface area contributed by atoms with E-state index in [1.165, 1.54) is 22.6 Å². The van der Waals surface area contributed by atoms with Gasteiger partial charge in [0.25, 0.3) is 0 Å². The van der Waals surface area contributed by atoms with Crippen LogP contribution in [0.5, 0.6) is 0 Å². The van der Waals surface area contributed by atoms with E-state index in [4.69, 9.17) is 10.8 Å². The lowest BCUT2D eigenvalue weighted by Gasteiger charge is -2.01. The van der Waals surface area contributed by atoms with Crippen LogP contribution in [0.3, 0.4) is 0 Å². The summed E-state index contributed by atoms with van der Waals surface area (Å²) in [5, 5.41) is 19.7. The predicted octanol–water partition coefficient (Wildman–Crippen LogP) is 0.111. The molecule has 0 saturated carbocycles. The Morgan fingerprint density at radius 3 is 3.06 bits per heavy atom. The van der Waals surface area contributed by atoms with Crippen LogP contribution in [0, 0.1) is 0 Å².